The van der Waals surface area contributed by atoms with Gasteiger partial charge in [-0.25, -0.2) is 13.1 Å². The average molecular weight is 528 g/mol. The van der Waals surface area contributed by atoms with Gasteiger partial charge in [0.2, 0.25) is 5.91 Å². The Morgan fingerprint density at radius 1 is 0.973 bits per heavy atom. The Bertz CT molecular complexity index is 1070. The quantitative estimate of drug-likeness (QED) is 0.397. The maximum absolute atomic E-state index is 12.6. The molecule has 0 aliphatic heterocycles. The van der Waals surface area contributed by atoms with E-state index in [2.05, 4.69) is 32.4 Å². The van der Waals surface area contributed by atoms with Gasteiger partial charge in [0, 0.05) is 6.42 Å². The first-order valence-electron chi connectivity index (χ1n) is 15.2. The van der Waals surface area contributed by atoms with Crippen LogP contribution in [0.2, 0.25) is 0 Å². The first-order chi connectivity index (χ1) is 17.6. The number of benzene rings is 1. The molecule has 4 saturated carbocycles. The number of nitrogens with one attached hydrogen (secondary N) is 1. The highest BCUT2D eigenvalue weighted by Gasteiger charge is 2.61. The molecule has 4 aliphatic rings. The number of hydrogen-bond acceptors (Lipinski definition) is 3. The van der Waals surface area contributed by atoms with Gasteiger partial charge in [0.25, 0.3) is 10.0 Å². The molecular formula is C32H49NO3S. The highest BCUT2D eigenvalue weighted by molar-refractivity contribution is 7.90. The molecule has 0 bridgehead atoms. The van der Waals surface area contributed by atoms with Crippen molar-refractivity contribution in [2.45, 2.75) is 110 Å². The Hall–Kier alpha value is -1.36. The summed E-state index contributed by atoms with van der Waals surface area (Å²) in [5.41, 5.74) is 0.915. The molecule has 1 aromatic carbocycles. The third-order valence-corrected chi connectivity index (χ3v) is 13.6. The number of hydrogen-bond donors (Lipinski definition) is 1. The van der Waals surface area contributed by atoms with Crippen molar-refractivity contribution in [2.24, 2.45) is 52.3 Å². The summed E-state index contributed by atoms with van der Waals surface area (Å²) in [4.78, 5) is 12.8. The van der Waals surface area contributed by atoms with E-state index in [9.17, 15) is 13.2 Å². The SMILES string of the molecule is CC[C@H]1CC2C3CC[C@H]([C@H](C)CCC(=O)NS(=O)(=O)c4ccccc4)[C@@]3(C)CCC2[C@@]2(C)CCCC[C@@H]12. The second-order valence-corrected chi connectivity index (χ2v) is 15.4. The number of carbonyl (C=O) groups is 1. The lowest BCUT2D eigenvalue weighted by Crippen LogP contribution is -2.55. The predicted octanol–water partition coefficient (Wildman–Crippen LogP) is 7.59. The van der Waals surface area contributed by atoms with E-state index in [4.69, 9.17) is 0 Å². The van der Waals surface area contributed by atoms with Crippen LogP contribution in [0.5, 0.6) is 0 Å². The molecule has 1 amide bonds. The molecule has 0 spiro atoms. The second-order valence-electron chi connectivity index (χ2n) is 13.7. The zero-order valence-electron chi connectivity index (χ0n) is 23.5. The maximum atomic E-state index is 12.6. The van der Waals surface area contributed by atoms with Crippen LogP contribution in [0, 0.1) is 52.3 Å². The van der Waals surface area contributed by atoms with E-state index in [1.54, 1.807) is 18.2 Å². The fourth-order valence-electron chi connectivity index (χ4n) is 10.4. The van der Waals surface area contributed by atoms with Gasteiger partial charge in [-0.1, -0.05) is 65.2 Å². The second kappa shape index (κ2) is 10.3. The molecule has 3 unspecified atom stereocenters. The van der Waals surface area contributed by atoms with Gasteiger partial charge < -0.3 is 0 Å². The zero-order valence-corrected chi connectivity index (χ0v) is 24.4. The standard InChI is InChI=1S/C32H49NO3S/c1-5-23-21-25-28-16-15-26(32(28,4)20-18-29(25)31(3)19-10-9-13-27(23)31)22(2)14-17-30(34)33-37(35,36)24-11-7-6-8-12-24/h6-8,11-12,22-23,25-29H,5,9-10,13-21H2,1-4H3,(H,33,34)/t22-,23+,25?,26-,27+,28?,29?,31+,32-/m1/s1. The van der Waals surface area contributed by atoms with Crippen LogP contribution >= 0.6 is 0 Å². The van der Waals surface area contributed by atoms with Crippen molar-refractivity contribution in [2.75, 3.05) is 0 Å². The Balaban J connectivity index is 1.24. The van der Waals surface area contributed by atoms with Crippen LogP contribution in [0.15, 0.2) is 35.2 Å². The maximum Gasteiger partial charge on any atom is 0.264 e. The van der Waals surface area contributed by atoms with Crippen molar-refractivity contribution in [1.29, 1.82) is 0 Å². The molecule has 4 fully saturated rings. The molecule has 37 heavy (non-hydrogen) atoms. The minimum absolute atomic E-state index is 0.145. The summed E-state index contributed by atoms with van der Waals surface area (Å²) < 4.78 is 27.4. The summed E-state index contributed by atoms with van der Waals surface area (Å²) in [6.07, 6.45) is 14.9. The van der Waals surface area contributed by atoms with Crippen molar-refractivity contribution in [3.05, 3.63) is 30.3 Å². The van der Waals surface area contributed by atoms with Crippen LogP contribution in [-0.2, 0) is 14.8 Å². The van der Waals surface area contributed by atoms with Crippen LogP contribution in [0.25, 0.3) is 0 Å². The smallest absolute Gasteiger partial charge is 0.264 e. The minimum Gasteiger partial charge on any atom is -0.274 e. The Labute approximate surface area is 225 Å². The largest absolute Gasteiger partial charge is 0.274 e. The first-order valence-corrected chi connectivity index (χ1v) is 16.7. The fourth-order valence-corrected chi connectivity index (χ4v) is 11.4. The fraction of sp³-hybridized carbons (Fsp3) is 0.781. The predicted molar refractivity (Wildman–Crippen MR) is 149 cm³/mol. The lowest BCUT2D eigenvalue weighted by molar-refractivity contribution is -0.138. The Morgan fingerprint density at radius 3 is 2.43 bits per heavy atom. The Kier molecular flexibility index (Phi) is 7.59. The normalized spacial score (nSPS) is 40.2. The molecule has 5 heteroatoms. The van der Waals surface area contributed by atoms with Gasteiger partial charge in [-0.2, -0.15) is 0 Å². The molecule has 0 heterocycles. The highest BCUT2D eigenvalue weighted by Crippen LogP contribution is 2.69. The van der Waals surface area contributed by atoms with Crippen molar-refractivity contribution < 1.29 is 13.2 Å². The van der Waals surface area contributed by atoms with Crippen molar-refractivity contribution in [3.8, 4) is 0 Å². The summed E-state index contributed by atoms with van der Waals surface area (Å²) in [5.74, 6) is 5.13. The van der Waals surface area contributed by atoms with Crippen molar-refractivity contribution >= 4 is 15.9 Å². The number of rotatable bonds is 7. The molecule has 0 aromatic heterocycles. The van der Waals surface area contributed by atoms with E-state index in [-0.39, 0.29) is 17.2 Å². The third-order valence-electron chi connectivity index (χ3n) is 12.2. The van der Waals surface area contributed by atoms with Crippen molar-refractivity contribution in [1.82, 2.24) is 4.72 Å². The van der Waals surface area contributed by atoms with E-state index >= 15 is 0 Å². The van der Waals surface area contributed by atoms with Gasteiger partial charge in [-0.3, -0.25) is 4.79 Å². The van der Waals surface area contributed by atoms with Crippen LogP contribution in [0.3, 0.4) is 0 Å². The molecule has 9 atom stereocenters. The van der Waals surface area contributed by atoms with E-state index in [0.717, 1.165) is 36.0 Å². The van der Waals surface area contributed by atoms with Gasteiger partial charge >= 0.3 is 0 Å². The molecule has 0 saturated heterocycles. The third kappa shape index (κ3) is 4.80. The molecular weight excluding hydrogens is 478 g/mol. The number of carbonyl (C=O) groups excluding carboxylic acids is 1. The van der Waals surface area contributed by atoms with E-state index in [1.165, 1.54) is 76.3 Å². The zero-order chi connectivity index (χ0) is 26.4. The van der Waals surface area contributed by atoms with Gasteiger partial charge in [0.05, 0.1) is 4.90 Å². The van der Waals surface area contributed by atoms with Crippen LogP contribution in [0.1, 0.15) is 105 Å². The number of sulfonamides is 1. The van der Waals surface area contributed by atoms with E-state index < -0.39 is 10.0 Å². The van der Waals surface area contributed by atoms with Crippen LogP contribution in [0.4, 0.5) is 0 Å². The van der Waals surface area contributed by atoms with Gasteiger partial charge in [-0.05, 0) is 116 Å². The average Bonchev–Trinajstić information content (AvgIpc) is 3.24. The monoisotopic (exact) mass is 527 g/mol. The molecule has 5 rings (SSSR count). The van der Waals surface area contributed by atoms with Crippen LogP contribution in [-0.4, -0.2) is 14.3 Å². The molecule has 1 N–H and O–H groups in total. The molecule has 4 nitrogen and oxygen atoms in total. The summed E-state index contributed by atoms with van der Waals surface area (Å²) in [6, 6.07) is 8.18. The lowest BCUT2D eigenvalue weighted by Gasteiger charge is -2.63. The van der Waals surface area contributed by atoms with Crippen LogP contribution < -0.4 is 4.72 Å². The van der Waals surface area contributed by atoms with E-state index in [0.29, 0.717) is 22.7 Å². The molecule has 206 valence electrons. The number of fused-ring (bicyclic) bond motifs is 5. The summed E-state index contributed by atoms with van der Waals surface area (Å²) in [5, 5.41) is 0. The number of amides is 1. The van der Waals surface area contributed by atoms with E-state index in [1.807, 2.05) is 0 Å². The molecule has 4 aliphatic carbocycles. The lowest BCUT2D eigenvalue weighted by atomic mass is 9.42. The van der Waals surface area contributed by atoms with Gasteiger partial charge in [0.1, 0.15) is 0 Å². The van der Waals surface area contributed by atoms with Crippen molar-refractivity contribution in [3.63, 3.8) is 0 Å². The summed E-state index contributed by atoms with van der Waals surface area (Å²) >= 11 is 0. The first kappa shape index (κ1) is 27.2. The molecule has 1 aromatic rings. The van der Waals surface area contributed by atoms with Gasteiger partial charge in [0.15, 0.2) is 0 Å². The highest BCUT2D eigenvalue weighted by atomic mass is 32.2. The van der Waals surface area contributed by atoms with Gasteiger partial charge in [-0.15, -0.1) is 0 Å². The summed E-state index contributed by atoms with van der Waals surface area (Å²) in [6.45, 7) is 10.0. The molecule has 0 radical (unpaired) electrons. The summed E-state index contributed by atoms with van der Waals surface area (Å²) in [7, 11) is -3.79. The minimum atomic E-state index is -3.79. The topological polar surface area (TPSA) is 63.2 Å². The Morgan fingerprint density at radius 2 is 1.70 bits per heavy atom.